The molecule has 0 aliphatic carbocycles. The number of nitrogens with two attached hydrogens (primary N) is 1. The molecule has 0 aliphatic heterocycles. The smallest absolute Gasteiger partial charge is 0.0809 e. The molecule has 0 bridgehead atoms. The topological polar surface area (TPSA) is 44.5 Å². The fourth-order valence-corrected chi connectivity index (χ4v) is 1.93. The average Bonchev–Trinajstić information content (AvgIpc) is 2.75. The lowest BCUT2D eigenvalue weighted by molar-refractivity contribution is 0.0294. The summed E-state index contributed by atoms with van der Waals surface area (Å²) in [5.41, 5.74) is 5.56. The molecule has 0 spiro atoms. The number of rotatable bonds is 8. The van der Waals surface area contributed by atoms with Crippen LogP contribution < -0.4 is 5.73 Å². The van der Waals surface area contributed by atoms with E-state index in [1.807, 2.05) is 13.0 Å². The highest BCUT2D eigenvalue weighted by Crippen LogP contribution is 2.10. The van der Waals surface area contributed by atoms with Gasteiger partial charge < -0.3 is 15.2 Å². The Morgan fingerprint density at radius 1 is 1.53 bits per heavy atom. The van der Waals surface area contributed by atoms with E-state index in [1.54, 1.807) is 11.3 Å². The van der Waals surface area contributed by atoms with Gasteiger partial charge in [0.1, 0.15) is 0 Å². The van der Waals surface area contributed by atoms with E-state index in [2.05, 4.69) is 11.4 Å². The van der Waals surface area contributed by atoms with Gasteiger partial charge >= 0.3 is 0 Å². The zero-order chi connectivity index (χ0) is 10.9. The van der Waals surface area contributed by atoms with Gasteiger partial charge in [0.25, 0.3) is 0 Å². The van der Waals surface area contributed by atoms with Crippen molar-refractivity contribution in [3.8, 4) is 0 Å². The highest BCUT2D eigenvalue weighted by molar-refractivity contribution is 7.09. The molecule has 0 aromatic carbocycles. The normalized spacial score (nSPS) is 12.9. The van der Waals surface area contributed by atoms with E-state index in [0.717, 1.165) is 6.42 Å². The Labute approximate surface area is 95.2 Å². The second-order valence-corrected chi connectivity index (χ2v) is 4.27. The molecular formula is C11H19NO2S. The highest BCUT2D eigenvalue weighted by atomic mass is 32.1. The third-order valence-electron chi connectivity index (χ3n) is 2.07. The molecular weight excluding hydrogens is 210 g/mol. The minimum Gasteiger partial charge on any atom is -0.377 e. The van der Waals surface area contributed by atoms with Gasteiger partial charge in [-0.05, 0) is 24.8 Å². The minimum absolute atomic E-state index is 0.137. The van der Waals surface area contributed by atoms with Crippen LogP contribution in [0.4, 0.5) is 0 Å². The maximum Gasteiger partial charge on any atom is 0.0809 e. The maximum atomic E-state index is 5.56. The molecule has 1 unspecified atom stereocenters. The molecule has 2 N–H and O–H groups in total. The molecule has 3 nitrogen and oxygen atoms in total. The van der Waals surface area contributed by atoms with Crippen LogP contribution in [0.25, 0.3) is 0 Å². The first-order chi connectivity index (χ1) is 7.36. The Balaban J connectivity index is 2.05. The van der Waals surface area contributed by atoms with Crippen LogP contribution in [0.15, 0.2) is 17.5 Å². The summed E-state index contributed by atoms with van der Waals surface area (Å²) in [4.78, 5) is 1.26. The van der Waals surface area contributed by atoms with Crippen LogP contribution in [0.3, 0.4) is 0 Å². The van der Waals surface area contributed by atoms with E-state index < -0.39 is 0 Å². The predicted octanol–water partition coefficient (Wildman–Crippen LogP) is 2.02. The third kappa shape index (κ3) is 5.28. The van der Waals surface area contributed by atoms with Gasteiger partial charge in [0, 0.05) is 24.6 Å². The van der Waals surface area contributed by atoms with Crippen molar-refractivity contribution in [2.24, 2.45) is 5.73 Å². The number of hydrogen-bond donors (Lipinski definition) is 1. The molecule has 1 aromatic rings. The molecule has 86 valence electrons. The van der Waals surface area contributed by atoms with Gasteiger partial charge in [-0.25, -0.2) is 0 Å². The summed E-state index contributed by atoms with van der Waals surface area (Å²) in [5.74, 6) is 0. The lowest BCUT2D eigenvalue weighted by Gasteiger charge is -2.14. The summed E-state index contributed by atoms with van der Waals surface area (Å²) in [7, 11) is 0. The van der Waals surface area contributed by atoms with Crippen molar-refractivity contribution >= 4 is 11.3 Å². The second kappa shape index (κ2) is 7.82. The molecule has 1 rings (SSSR count). The van der Waals surface area contributed by atoms with Crippen LogP contribution in [0.5, 0.6) is 0 Å². The molecule has 0 amide bonds. The maximum absolute atomic E-state index is 5.56. The summed E-state index contributed by atoms with van der Waals surface area (Å²) in [6.07, 6.45) is 1.01. The monoisotopic (exact) mass is 229 g/mol. The highest BCUT2D eigenvalue weighted by Gasteiger charge is 2.05. The van der Waals surface area contributed by atoms with Crippen LogP contribution in [0.2, 0.25) is 0 Å². The lowest BCUT2D eigenvalue weighted by atomic mass is 10.2. The lowest BCUT2D eigenvalue weighted by Crippen LogP contribution is -2.25. The Bertz CT molecular complexity index is 239. The van der Waals surface area contributed by atoms with Crippen LogP contribution in [-0.4, -0.2) is 25.9 Å². The van der Waals surface area contributed by atoms with Crippen LogP contribution >= 0.6 is 11.3 Å². The molecule has 0 saturated heterocycles. The van der Waals surface area contributed by atoms with E-state index in [-0.39, 0.29) is 6.10 Å². The fourth-order valence-electron chi connectivity index (χ4n) is 1.29. The number of thiophene rings is 1. The fraction of sp³-hybridized carbons (Fsp3) is 0.636. The van der Waals surface area contributed by atoms with Crippen molar-refractivity contribution in [2.75, 3.05) is 19.8 Å². The van der Waals surface area contributed by atoms with Crippen LogP contribution in [-0.2, 0) is 16.1 Å². The molecule has 1 heterocycles. The third-order valence-corrected chi connectivity index (χ3v) is 2.92. The van der Waals surface area contributed by atoms with Crippen molar-refractivity contribution in [3.05, 3.63) is 22.4 Å². The number of ether oxygens (including phenoxy) is 2. The van der Waals surface area contributed by atoms with Gasteiger partial charge in [0.15, 0.2) is 0 Å². The molecule has 0 saturated carbocycles. The quantitative estimate of drug-likeness (QED) is 0.694. The van der Waals surface area contributed by atoms with Crippen LogP contribution in [0, 0.1) is 0 Å². The van der Waals surface area contributed by atoms with Gasteiger partial charge in [-0.1, -0.05) is 6.07 Å². The zero-order valence-corrected chi connectivity index (χ0v) is 9.96. The van der Waals surface area contributed by atoms with E-state index >= 15 is 0 Å². The van der Waals surface area contributed by atoms with E-state index in [0.29, 0.717) is 26.4 Å². The Morgan fingerprint density at radius 3 is 3.00 bits per heavy atom. The van der Waals surface area contributed by atoms with E-state index in [9.17, 15) is 0 Å². The Kier molecular flexibility index (Phi) is 6.59. The second-order valence-electron chi connectivity index (χ2n) is 3.23. The average molecular weight is 229 g/mol. The predicted molar refractivity (Wildman–Crippen MR) is 63.1 cm³/mol. The van der Waals surface area contributed by atoms with E-state index in [1.165, 1.54) is 4.88 Å². The minimum atomic E-state index is 0.137. The van der Waals surface area contributed by atoms with E-state index in [4.69, 9.17) is 15.2 Å². The Hall–Kier alpha value is -0.420. The van der Waals surface area contributed by atoms with Gasteiger partial charge in [0.2, 0.25) is 0 Å². The molecule has 15 heavy (non-hydrogen) atoms. The van der Waals surface area contributed by atoms with Gasteiger partial charge in [-0.15, -0.1) is 11.3 Å². The summed E-state index contributed by atoms with van der Waals surface area (Å²) in [6.45, 7) is 4.67. The largest absolute Gasteiger partial charge is 0.377 e. The number of hydrogen-bond acceptors (Lipinski definition) is 4. The first-order valence-electron chi connectivity index (χ1n) is 5.28. The van der Waals surface area contributed by atoms with Crippen molar-refractivity contribution in [2.45, 2.75) is 26.1 Å². The van der Waals surface area contributed by atoms with Gasteiger partial charge in [-0.3, -0.25) is 0 Å². The van der Waals surface area contributed by atoms with Crippen molar-refractivity contribution in [1.82, 2.24) is 0 Å². The molecule has 0 radical (unpaired) electrons. The summed E-state index contributed by atoms with van der Waals surface area (Å²) >= 11 is 1.72. The molecule has 0 fully saturated rings. The van der Waals surface area contributed by atoms with Crippen molar-refractivity contribution < 1.29 is 9.47 Å². The van der Waals surface area contributed by atoms with Crippen molar-refractivity contribution in [1.29, 1.82) is 0 Å². The molecule has 1 aromatic heterocycles. The summed E-state index contributed by atoms with van der Waals surface area (Å²) in [6, 6.07) is 4.11. The zero-order valence-electron chi connectivity index (χ0n) is 9.15. The summed E-state index contributed by atoms with van der Waals surface area (Å²) in [5, 5.41) is 2.06. The van der Waals surface area contributed by atoms with Crippen LogP contribution in [0.1, 0.15) is 18.2 Å². The summed E-state index contributed by atoms with van der Waals surface area (Å²) < 4.78 is 11.0. The molecule has 0 aliphatic rings. The Morgan fingerprint density at radius 2 is 2.40 bits per heavy atom. The van der Waals surface area contributed by atoms with Gasteiger partial charge in [0.05, 0.1) is 12.7 Å². The molecule has 4 heteroatoms. The standard InChI is InChI=1S/C11H19NO2S/c1-2-14-10(8-12)5-6-13-9-11-4-3-7-15-11/h3-4,7,10H,2,5-6,8-9,12H2,1H3. The first kappa shape index (κ1) is 12.6. The SMILES string of the molecule is CCOC(CN)CCOCc1cccs1. The van der Waals surface area contributed by atoms with Crippen molar-refractivity contribution in [3.63, 3.8) is 0 Å². The first-order valence-corrected chi connectivity index (χ1v) is 6.16. The van der Waals surface area contributed by atoms with Gasteiger partial charge in [-0.2, -0.15) is 0 Å². The molecule has 1 atom stereocenters.